The lowest BCUT2D eigenvalue weighted by molar-refractivity contribution is 0.103. The maximum absolute atomic E-state index is 10.3. The van der Waals surface area contributed by atoms with Gasteiger partial charge in [0.2, 0.25) is 0 Å². The molecule has 0 saturated carbocycles. The summed E-state index contributed by atoms with van der Waals surface area (Å²) in [7, 11) is 0. The minimum absolute atomic E-state index is 0.307. The summed E-state index contributed by atoms with van der Waals surface area (Å²) < 4.78 is 0. The molecule has 0 radical (unpaired) electrons. The van der Waals surface area contributed by atoms with Crippen LogP contribution in [0.5, 0.6) is 0 Å². The fourth-order valence-electron chi connectivity index (χ4n) is 2.33. The molecule has 0 aliphatic heterocycles. The smallest absolute Gasteiger partial charge is 0.0818 e. The molecule has 1 aromatic carbocycles. The Bertz CT molecular complexity index is 309. The van der Waals surface area contributed by atoms with E-state index in [-0.39, 0.29) is 6.10 Å². The van der Waals surface area contributed by atoms with E-state index in [0.29, 0.717) is 11.8 Å². The highest BCUT2D eigenvalue weighted by Gasteiger charge is 2.17. The van der Waals surface area contributed by atoms with Gasteiger partial charge in [-0.15, -0.1) is 0 Å². The van der Waals surface area contributed by atoms with Crippen LogP contribution in [0.2, 0.25) is 0 Å². The monoisotopic (exact) mass is 234 g/mol. The molecule has 1 N–H and O–H groups in total. The fourth-order valence-corrected chi connectivity index (χ4v) is 2.33. The first-order chi connectivity index (χ1) is 8.08. The molecular formula is C16H26O. The van der Waals surface area contributed by atoms with Crippen LogP contribution >= 0.6 is 0 Å². The standard InChI is InChI=1S/C16H26O/c1-5-14(6-2)16(17)15-9-7-13(8-10-15)11-12(3)4/h7-10,12,14,16-17H,5-6,11H2,1-4H3. The third-order valence-electron chi connectivity index (χ3n) is 3.46. The van der Waals surface area contributed by atoms with Crippen LogP contribution in [-0.2, 0) is 6.42 Å². The number of hydrogen-bond acceptors (Lipinski definition) is 1. The summed E-state index contributed by atoms with van der Waals surface area (Å²) in [6, 6.07) is 8.48. The number of rotatable bonds is 6. The maximum Gasteiger partial charge on any atom is 0.0818 e. The molecule has 0 bridgehead atoms. The maximum atomic E-state index is 10.3. The van der Waals surface area contributed by atoms with E-state index in [1.807, 2.05) is 0 Å². The van der Waals surface area contributed by atoms with Crippen molar-refractivity contribution < 1.29 is 5.11 Å². The normalized spacial score (nSPS) is 13.4. The minimum atomic E-state index is -0.307. The summed E-state index contributed by atoms with van der Waals surface area (Å²) in [6.45, 7) is 8.74. The Morgan fingerprint density at radius 1 is 1.00 bits per heavy atom. The van der Waals surface area contributed by atoms with Crippen LogP contribution in [0, 0.1) is 11.8 Å². The molecule has 0 aliphatic rings. The summed E-state index contributed by atoms with van der Waals surface area (Å²) in [5.74, 6) is 1.07. The summed E-state index contributed by atoms with van der Waals surface area (Å²) in [5, 5.41) is 10.3. The molecule has 1 rings (SSSR count). The largest absolute Gasteiger partial charge is 0.388 e. The fraction of sp³-hybridized carbons (Fsp3) is 0.625. The molecule has 0 spiro atoms. The van der Waals surface area contributed by atoms with E-state index in [2.05, 4.69) is 52.0 Å². The van der Waals surface area contributed by atoms with Gasteiger partial charge in [0, 0.05) is 0 Å². The van der Waals surface area contributed by atoms with Gasteiger partial charge < -0.3 is 5.11 Å². The lowest BCUT2D eigenvalue weighted by atomic mass is 9.90. The number of hydrogen-bond donors (Lipinski definition) is 1. The quantitative estimate of drug-likeness (QED) is 0.775. The van der Waals surface area contributed by atoms with Crippen molar-refractivity contribution in [1.82, 2.24) is 0 Å². The van der Waals surface area contributed by atoms with E-state index < -0.39 is 0 Å². The summed E-state index contributed by atoms with van der Waals surface area (Å²) in [5.41, 5.74) is 2.42. The molecule has 96 valence electrons. The van der Waals surface area contributed by atoms with Crippen molar-refractivity contribution >= 4 is 0 Å². The highest BCUT2D eigenvalue weighted by Crippen LogP contribution is 2.27. The first kappa shape index (κ1) is 14.2. The zero-order chi connectivity index (χ0) is 12.8. The Morgan fingerprint density at radius 2 is 1.53 bits per heavy atom. The summed E-state index contributed by atoms with van der Waals surface area (Å²) in [4.78, 5) is 0. The Hall–Kier alpha value is -0.820. The van der Waals surface area contributed by atoms with Crippen LogP contribution in [0.3, 0.4) is 0 Å². The molecule has 1 heteroatoms. The van der Waals surface area contributed by atoms with Gasteiger partial charge in [0.1, 0.15) is 0 Å². The van der Waals surface area contributed by atoms with Crippen LogP contribution in [0.1, 0.15) is 57.8 Å². The lowest BCUT2D eigenvalue weighted by Gasteiger charge is -2.20. The van der Waals surface area contributed by atoms with Crippen LogP contribution in [0.4, 0.5) is 0 Å². The lowest BCUT2D eigenvalue weighted by Crippen LogP contribution is -2.10. The topological polar surface area (TPSA) is 20.2 Å². The second-order valence-corrected chi connectivity index (χ2v) is 5.36. The SMILES string of the molecule is CCC(CC)C(O)c1ccc(CC(C)C)cc1. The van der Waals surface area contributed by atoms with Crippen molar-refractivity contribution in [2.75, 3.05) is 0 Å². The predicted molar refractivity (Wildman–Crippen MR) is 74.0 cm³/mol. The van der Waals surface area contributed by atoms with Crippen LogP contribution in [0.25, 0.3) is 0 Å². The first-order valence-electron chi connectivity index (χ1n) is 6.85. The van der Waals surface area contributed by atoms with Crippen LogP contribution in [0.15, 0.2) is 24.3 Å². The van der Waals surface area contributed by atoms with Gasteiger partial charge in [0.05, 0.1) is 6.10 Å². The zero-order valence-corrected chi connectivity index (χ0v) is 11.6. The second kappa shape index (κ2) is 6.80. The zero-order valence-electron chi connectivity index (χ0n) is 11.6. The number of benzene rings is 1. The van der Waals surface area contributed by atoms with E-state index in [4.69, 9.17) is 0 Å². The Balaban J connectivity index is 2.72. The average Bonchev–Trinajstić information content (AvgIpc) is 2.30. The molecule has 0 aliphatic carbocycles. The van der Waals surface area contributed by atoms with E-state index in [0.717, 1.165) is 24.8 Å². The second-order valence-electron chi connectivity index (χ2n) is 5.36. The van der Waals surface area contributed by atoms with E-state index in [9.17, 15) is 5.11 Å². The summed E-state index contributed by atoms with van der Waals surface area (Å²) >= 11 is 0. The van der Waals surface area contributed by atoms with Crippen molar-refractivity contribution in [3.05, 3.63) is 35.4 Å². The molecule has 0 fully saturated rings. The van der Waals surface area contributed by atoms with Gasteiger partial charge in [-0.3, -0.25) is 0 Å². The van der Waals surface area contributed by atoms with Gasteiger partial charge in [-0.05, 0) is 29.4 Å². The molecular weight excluding hydrogens is 208 g/mol. The van der Waals surface area contributed by atoms with Crippen molar-refractivity contribution in [3.8, 4) is 0 Å². The Morgan fingerprint density at radius 3 is 1.94 bits per heavy atom. The first-order valence-corrected chi connectivity index (χ1v) is 6.85. The molecule has 0 amide bonds. The third kappa shape index (κ3) is 4.16. The number of aliphatic hydroxyl groups is 1. The van der Waals surface area contributed by atoms with Gasteiger partial charge in [-0.2, -0.15) is 0 Å². The minimum Gasteiger partial charge on any atom is -0.388 e. The highest BCUT2D eigenvalue weighted by atomic mass is 16.3. The molecule has 0 aromatic heterocycles. The van der Waals surface area contributed by atoms with Gasteiger partial charge in [-0.25, -0.2) is 0 Å². The van der Waals surface area contributed by atoms with E-state index in [1.54, 1.807) is 0 Å². The van der Waals surface area contributed by atoms with Gasteiger partial charge in [-0.1, -0.05) is 64.8 Å². The van der Waals surface area contributed by atoms with E-state index >= 15 is 0 Å². The van der Waals surface area contributed by atoms with E-state index in [1.165, 1.54) is 5.56 Å². The molecule has 1 atom stereocenters. The van der Waals surface area contributed by atoms with Crippen molar-refractivity contribution in [2.24, 2.45) is 11.8 Å². The van der Waals surface area contributed by atoms with Gasteiger partial charge in [0.25, 0.3) is 0 Å². The van der Waals surface area contributed by atoms with Gasteiger partial charge >= 0.3 is 0 Å². The average molecular weight is 234 g/mol. The predicted octanol–water partition coefficient (Wildman–Crippen LogP) is 4.35. The third-order valence-corrected chi connectivity index (χ3v) is 3.46. The highest BCUT2D eigenvalue weighted by molar-refractivity contribution is 5.24. The van der Waals surface area contributed by atoms with Crippen LogP contribution < -0.4 is 0 Å². The molecule has 1 aromatic rings. The Labute approximate surface area is 106 Å². The number of aliphatic hydroxyl groups excluding tert-OH is 1. The molecule has 1 unspecified atom stereocenters. The van der Waals surface area contributed by atoms with Gasteiger partial charge in [0.15, 0.2) is 0 Å². The van der Waals surface area contributed by atoms with Crippen LogP contribution in [-0.4, -0.2) is 5.11 Å². The molecule has 17 heavy (non-hydrogen) atoms. The Kier molecular flexibility index (Phi) is 5.70. The molecule has 0 saturated heterocycles. The summed E-state index contributed by atoms with van der Waals surface area (Å²) in [6.07, 6.45) is 2.87. The molecule has 0 heterocycles. The van der Waals surface area contributed by atoms with Crippen molar-refractivity contribution in [3.63, 3.8) is 0 Å². The van der Waals surface area contributed by atoms with Crippen molar-refractivity contribution in [2.45, 2.75) is 53.1 Å². The van der Waals surface area contributed by atoms with Crippen molar-refractivity contribution in [1.29, 1.82) is 0 Å². The molecule has 1 nitrogen and oxygen atoms in total.